The summed E-state index contributed by atoms with van der Waals surface area (Å²) in [5.41, 5.74) is 0.452. The van der Waals surface area contributed by atoms with Crippen LogP contribution in [0.4, 0.5) is 0 Å². The fourth-order valence-electron chi connectivity index (χ4n) is 1.82. The number of hydrogen-bond acceptors (Lipinski definition) is 2. The number of halogens is 2. The molecule has 4 nitrogen and oxygen atoms in total. The van der Waals surface area contributed by atoms with Gasteiger partial charge in [0.15, 0.2) is 0 Å². The first-order chi connectivity index (χ1) is 9.40. The van der Waals surface area contributed by atoms with Crippen LogP contribution in [-0.4, -0.2) is 35.8 Å². The SMILES string of the molecule is CCN(CC)C(=O)C(C)NC(=O)c1ccc(Cl)cc1Br. The topological polar surface area (TPSA) is 49.4 Å². The Kier molecular flexibility index (Phi) is 6.49. The van der Waals surface area contributed by atoms with Crippen LogP contribution in [0.15, 0.2) is 22.7 Å². The Balaban J connectivity index is 2.77. The minimum Gasteiger partial charge on any atom is -0.341 e. The second kappa shape index (κ2) is 7.64. The van der Waals surface area contributed by atoms with Crippen LogP contribution in [-0.2, 0) is 4.79 Å². The predicted molar refractivity (Wildman–Crippen MR) is 84.0 cm³/mol. The molecule has 20 heavy (non-hydrogen) atoms. The Labute approximate surface area is 132 Å². The van der Waals surface area contributed by atoms with Gasteiger partial charge in [-0.05, 0) is 54.9 Å². The molecule has 1 unspecified atom stereocenters. The van der Waals surface area contributed by atoms with Crippen molar-refractivity contribution in [1.82, 2.24) is 10.2 Å². The number of nitrogens with zero attached hydrogens (tertiary/aromatic N) is 1. The summed E-state index contributed by atoms with van der Waals surface area (Å²) in [6, 6.07) is 4.34. The van der Waals surface area contributed by atoms with Crippen molar-refractivity contribution in [2.24, 2.45) is 0 Å². The monoisotopic (exact) mass is 360 g/mol. The molecule has 0 aromatic heterocycles. The Hall–Kier alpha value is -1.07. The maximum atomic E-state index is 12.1. The summed E-state index contributed by atoms with van der Waals surface area (Å²) in [6.45, 7) is 6.75. The standard InChI is InChI=1S/C14H18BrClN2O2/c1-4-18(5-2)14(20)9(3)17-13(19)11-7-6-10(16)8-12(11)15/h6-9H,4-5H2,1-3H3,(H,17,19). The van der Waals surface area contributed by atoms with Crippen molar-refractivity contribution in [3.8, 4) is 0 Å². The molecule has 0 fully saturated rings. The number of rotatable bonds is 5. The number of carbonyl (C=O) groups is 2. The van der Waals surface area contributed by atoms with Gasteiger partial charge in [0.1, 0.15) is 6.04 Å². The van der Waals surface area contributed by atoms with Crippen molar-refractivity contribution < 1.29 is 9.59 Å². The highest BCUT2D eigenvalue weighted by Crippen LogP contribution is 2.21. The van der Waals surface area contributed by atoms with Gasteiger partial charge in [0, 0.05) is 22.6 Å². The summed E-state index contributed by atoms with van der Waals surface area (Å²) < 4.78 is 0.602. The lowest BCUT2D eigenvalue weighted by atomic mass is 10.2. The van der Waals surface area contributed by atoms with Gasteiger partial charge in [0.05, 0.1) is 5.56 Å². The van der Waals surface area contributed by atoms with E-state index in [4.69, 9.17) is 11.6 Å². The summed E-state index contributed by atoms with van der Waals surface area (Å²) in [4.78, 5) is 25.9. The second-order valence-corrected chi connectivity index (χ2v) is 5.62. The maximum absolute atomic E-state index is 12.1. The van der Waals surface area contributed by atoms with Gasteiger partial charge in [-0.25, -0.2) is 0 Å². The van der Waals surface area contributed by atoms with E-state index >= 15 is 0 Å². The van der Waals surface area contributed by atoms with E-state index in [1.165, 1.54) is 0 Å². The Bertz CT molecular complexity index is 504. The molecule has 0 heterocycles. The van der Waals surface area contributed by atoms with E-state index < -0.39 is 6.04 Å². The van der Waals surface area contributed by atoms with Crippen LogP contribution >= 0.6 is 27.5 Å². The second-order valence-electron chi connectivity index (χ2n) is 4.33. The van der Waals surface area contributed by atoms with Crippen LogP contribution in [0.1, 0.15) is 31.1 Å². The molecule has 0 saturated heterocycles. The van der Waals surface area contributed by atoms with Gasteiger partial charge in [-0.1, -0.05) is 11.6 Å². The molecule has 6 heteroatoms. The van der Waals surface area contributed by atoms with Crippen molar-refractivity contribution in [3.63, 3.8) is 0 Å². The first-order valence-corrected chi connectivity index (χ1v) is 7.62. The zero-order valence-corrected chi connectivity index (χ0v) is 14.1. The first kappa shape index (κ1) is 17.0. The molecule has 0 aliphatic heterocycles. The summed E-state index contributed by atoms with van der Waals surface area (Å²) in [7, 11) is 0. The van der Waals surface area contributed by atoms with Gasteiger partial charge in [-0.3, -0.25) is 9.59 Å². The fraction of sp³-hybridized carbons (Fsp3) is 0.429. The smallest absolute Gasteiger partial charge is 0.253 e. The van der Waals surface area contributed by atoms with Crippen LogP contribution in [0.3, 0.4) is 0 Å². The molecule has 1 rings (SSSR count). The quantitative estimate of drug-likeness (QED) is 0.876. The average molecular weight is 362 g/mol. The molecule has 1 aromatic carbocycles. The van der Waals surface area contributed by atoms with Gasteiger partial charge in [-0.15, -0.1) is 0 Å². The number of nitrogens with one attached hydrogen (secondary N) is 1. The lowest BCUT2D eigenvalue weighted by Gasteiger charge is -2.23. The van der Waals surface area contributed by atoms with Gasteiger partial charge in [0.2, 0.25) is 5.91 Å². The minimum absolute atomic E-state index is 0.0894. The van der Waals surface area contributed by atoms with E-state index in [1.807, 2.05) is 13.8 Å². The van der Waals surface area contributed by atoms with Crippen LogP contribution in [0, 0.1) is 0 Å². The zero-order valence-electron chi connectivity index (χ0n) is 11.7. The van der Waals surface area contributed by atoms with Crippen molar-refractivity contribution in [1.29, 1.82) is 0 Å². The Morgan fingerprint density at radius 3 is 2.45 bits per heavy atom. The van der Waals surface area contributed by atoms with E-state index in [0.717, 1.165) is 0 Å². The largest absolute Gasteiger partial charge is 0.341 e. The molecule has 0 aliphatic carbocycles. The Morgan fingerprint density at radius 1 is 1.35 bits per heavy atom. The highest BCUT2D eigenvalue weighted by Gasteiger charge is 2.21. The maximum Gasteiger partial charge on any atom is 0.253 e. The summed E-state index contributed by atoms with van der Waals surface area (Å²) in [5, 5.41) is 3.24. The van der Waals surface area contributed by atoms with Crippen LogP contribution in [0.25, 0.3) is 0 Å². The lowest BCUT2D eigenvalue weighted by molar-refractivity contribution is -0.132. The molecule has 0 aliphatic rings. The van der Waals surface area contributed by atoms with Gasteiger partial charge >= 0.3 is 0 Å². The van der Waals surface area contributed by atoms with E-state index in [0.29, 0.717) is 28.1 Å². The van der Waals surface area contributed by atoms with Crippen molar-refractivity contribution in [2.75, 3.05) is 13.1 Å². The van der Waals surface area contributed by atoms with Gasteiger partial charge in [0.25, 0.3) is 5.91 Å². The third-order valence-corrected chi connectivity index (χ3v) is 3.86. The van der Waals surface area contributed by atoms with E-state index in [-0.39, 0.29) is 11.8 Å². The molecular weight excluding hydrogens is 344 g/mol. The molecule has 0 radical (unpaired) electrons. The summed E-state index contributed by atoms with van der Waals surface area (Å²) in [5.74, 6) is -0.394. The lowest BCUT2D eigenvalue weighted by Crippen LogP contribution is -2.46. The van der Waals surface area contributed by atoms with E-state index in [2.05, 4.69) is 21.2 Å². The van der Waals surface area contributed by atoms with Crippen molar-refractivity contribution in [2.45, 2.75) is 26.8 Å². The van der Waals surface area contributed by atoms with Gasteiger partial charge in [-0.2, -0.15) is 0 Å². The molecule has 110 valence electrons. The summed E-state index contributed by atoms with van der Waals surface area (Å²) in [6.07, 6.45) is 0. The number of likely N-dealkylation sites (N-methyl/N-ethyl adjacent to an activating group) is 1. The fourth-order valence-corrected chi connectivity index (χ4v) is 2.68. The van der Waals surface area contributed by atoms with E-state index in [9.17, 15) is 9.59 Å². The third kappa shape index (κ3) is 4.21. The van der Waals surface area contributed by atoms with Crippen molar-refractivity contribution >= 4 is 39.3 Å². The number of benzene rings is 1. The predicted octanol–water partition coefficient (Wildman–Crippen LogP) is 3.09. The first-order valence-electron chi connectivity index (χ1n) is 6.45. The van der Waals surface area contributed by atoms with E-state index in [1.54, 1.807) is 30.0 Å². The normalized spacial score (nSPS) is 11.8. The minimum atomic E-state index is -0.565. The molecule has 0 bridgehead atoms. The zero-order chi connectivity index (χ0) is 15.3. The number of carbonyl (C=O) groups excluding carboxylic acids is 2. The molecule has 1 atom stereocenters. The molecule has 0 saturated carbocycles. The van der Waals surface area contributed by atoms with Crippen LogP contribution in [0.2, 0.25) is 5.02 Å². The molecule has 0 spiro atoms. The third-order valence-electron chi connectivity index (χ3n) is 2.97. The highest BCUT2D eigenvalue weighted by atomic mass is 79.9. The number of amides is 2. The van der Waals surface area contributed by atoms with Crippen LogP contribution < -0.4 is 5.32 Å². The van der Waals surface area contributed by atoms with Crippen LogP contribution in [0.5, 0.6) is 0 Å². The molecule has 1 N–H and O–H groups in total. The molecule has 1 aromatic rings. The molecule has 2 amide bonds. The number of hydrogen-bond donors (Lipinski definition) is 1. The summed E-state index contributed by atoms with van der Waals surface area (Å²) >= 11 is 9.12. The van der Waals surface area contributed by atoms with Crippen molar-refractivity contribution in [3.05, 3.63) is 33.3 Å². The highest BCUT2D eigenvalue weighted by molar-refractivity contribution is 9.10. The Morgan fingerprint density at radius 2 is 1.95 bits per heavy atom. The molecular formula is C14H18BrClN2O2. The van der Waals surface area contributed by atoms with Gasteiger partial charge < -0.3 is 10.2 Å². The average Bonchev–Trinajstić information content (AvgIpc) is 2.39.